The van der Waals surface area contributed by atoms with Gasteiger partial charge in [0.25, 0.3) is 0 Å². The largest absolute Gasteiger partial charge is 0.461 e. The number of carbonyl (C=O) groups is 3. The van der Waals surface area contributed by atoms with Crippen LogP contribution in [-0.2, 0) is 24.0 Å². The van der Waals surface area contributed by atoms with Gasteiger partial charge in [-0.25, -0.2) is 4.79 Å². The number of rotatable bonds is 6. The molecular formula is C8H11NO5. The van der Waals surface area contributed by atoms with Gasteiger partial charge in [0.2, 0.25) is 6.41 Å². The summed E-state index contributed by atoms with van der Waals surface area (Å²) in [5, 5.41) is 0. The zero-order valence-electron chi connectivity index (χ0n) is 7.74. The fourth-order valence-corrected chi connectivity index (χ4v) is 0.498. The number of hydrogen-bond acceptors (Lipinski definition) is 5. The Morgan fingerprint density at radius 3 is 2.57 bits per heavy atom. The summed E-state index contributed by atoms with van der Waals surface area (Å²) >= 11 is 0. The van der Waals surface area contributed by atoms with E-state index in [1.54, 1.807) is 12.4 Å². The minimum absolute atomic E-state index is 0.0627. The Morgan fingerprint density at radius 2 is 2.07 bits per heavy atom. The van der Waals surface area contributed by atoms with E-state index in [0.29, 0.717) is 5.57 Å². The second-order valence-electron chi connectivity index (χ2n) is 2.50. The molecule has 0 rings (SSSR count). The SMILES string of the molecule is C=C(C)COC(=O)CC(=O)ONC=O. The van der Waals surface area contributed by atoms with E-state index < -0.39 is 18.4 Å². The van der Waals surface area contributed by atoms with Crippen molar-refractivity contribution in [3.63, 3.8) is 0 Å². The summed E-state index contributed by atoms with van der Waals surface area (Å²) in [6, 6.07) is 0. The number of esters is 1. The molecule has 0 saturated heterocycles. The van der Waals surface area contributed by atoms with Crippen LogP contribution in [0.4, 0.5) is 0 Å². The van der Waals surface area contributed by atoms with Crippen molar-refractivity contribution in [2.75, 3.05) is 6.61 Å². The quantitative estimate of drug-likeness (QED) is 0.210. The van der Waals surface area contributed by atoms with Gasteiger partial charge in [-0.1, -0.05) is 6.58 Å². The molecule has 0 aliphatic carbocycles. The van der Waals surface area contributed by atoms with E-state index in [1.165, 1.54) is 0 Å². The lowest BCUT2D eigenvalue weighted by Crippen LogP contribution is -2.21. The minimum Gasteiger partial charge on any atom is -0.461 e. The van der Waals surface area contributed by atoms with Crippen molar-refractivity contribution in [2.45, 2.75) is 13.3 Å². The van der Waals surface area contributed by atoms with Crippen molar-refractivity contribution < 1.29 is 24.0 Å². The molecule has 0 aliphatic rings. The first-order chi connectivity index (χ1) is 6.56. The lowest BCUT2D eigenvalue weighted by molar-refractivity contribution is -0.160. The van der Waals surface area contributed by atoms with Gasteiger partial charge in [-0.3, -0.25) is 9.59 Å². The van der Waals surface area contributed by atoms with Crippen LogP contribution in [0.15, 0.2) is 12.2 Å². The highest BCUT2D eigenvalue weighted by atomic mass is 16.7. The average molecular weight is 201 g/mol. The fraction of sp³-hybridized carbons (Fsp3) is 0.375. The highest BCUT2D eigenvalue weighted by Gasteiger charge is 2.11. The smallest absolute Gasteiger partial charge is 0.343 e. The monoisotopic (exact) mass is 201 g/mol. The van der Waals surface area contributed by atoms with Gasteiger partial charge in [-0.05, 0) is 12.5 Å². The third kappa shape index (κ3) is 6.84. The van der Waals surface area contributed by atoms with Crippen molar-refractivity contribution in [3.8, 4) is 0 Å². The third-order valence-electron chi connectivity index (χ3n) is 0.989. The first-order valence-corrected chi connectivity index (χ1v) is 3.75. The lowest BCUT2D eigenvalue weighted by Gasteiger charge is -2.03. The first kappa shape index (κ1) is 12.2. The van der Waals surface area contributed by atoms with Gasteiger partial charge in [-0.2, -0.15) is 5.48 Å². The minimum atomic E-state index is -0.885. The molecule has 0 bridgehead atoms. The number of carbonyl (C=O) groups excluding carboxylic acids is 3. The van der Waals surface area contributed by atoms with E-state index >= 15 is 0 Å². The van der Waals surface area contributed by atoms with Crippen LogP contribution in [-0.4, -0.2) is 25.0 Å². The first-order valence-electron chi connectivity index (χ1n) is 3.75. The van der Waals surface area contributed by atoms with Gasteiger partial charge in [0.15, 0.2) is 0 Å². The Balaban J connectivity index is 3.65. The third-order valence-corrected chi connectivity index (χ3v) is 0.989. The van der Waals surface area contributed by atoms with Gasteiger partial charge in [0, 0.05) is 0 Å². The summed E-state index contributed by atoms with van der Waals surface area (Å²) in [6.45, 7) is 5.25. The maximum absolute atomic E-state index is 10.8. The predicted octanol–water partition coefficient (Wildman–Crippen LogP) is -0.300. The van der Waals surface area contributed by atoms with Gasteiger partial charge in [0.1, 0.15) is 13.0 Å². The van der Waals surface area contributed by atoms with E-state index in [9.17, 15) is 14.4 Å². The van der Waals surface area contributed by atoms with Crippen molar-refractivity contribution in [1.29, 1.82) is 0 Å². The second-order valence-corrected chi connectivity index (χ2v) is 2.50. The standard InChI is InChI=1S/C8H11NO5/c1-6(2)4-13-7(11)3-8(12)14-9-5-10/h5H,1,3-4H2,2H3,(H,9,10). The molecule has 0 atom stereocenters. The number of hydrogen-bond donors (Lipinski definition) is 1. The fourth-order valence-electron chi connectivity index (χ4n) is 0.498. The van der Waals surface area contributed by atoms with E-state index in [0.717, 1.165) is 0 Å². The number of amides is 1. The van der Waals surface area contributed by atoms with E-state index in [-0.39, 0.29) is 13.0 Å². The van der Waals surface area contributed by atoms with Crippen LogP contribution in [0.25, 0.3) is 0 Å². The van der Waals surface area contributed by atoms with Gasteiger partial charge < -0.3 is 9.57 Å². The Kier molecular flexibility index (Phi) is 5.77. The van der Waals surface area contributed by atoms with Crippen molar-refractivity contribution in [1.82, 2.24) is 5.48 Å². The van der Waals surface area contributed by atoms with Crippen LogP contribution in [0.1, 0.15) is 13.3 Å². The molecule has 14 heavy (non-hydrogen) atoms. The molecule has 0 unspecified atom stereocenters. The molecule has 78 valence electrons. The Morgan fingerprint density at radius 1 is 1.43 bits per heavy atom. The van der Waals surface area contributed by atoms with Crippen LogP contribution in [0.2, 0.25) is 0 Å². The summed E-state index contributed by atoms with van der Waals surface area (Å²) in [6.07, 6.45) is -0.370. The van der Waals surface area contributed by atoms with E-state index in [2.05, 4.69) is 16.2 Å². The molecule has 0 fully saturated rings. The van der Waals surface area contributed by atoms with Gasteiger partial charge in [0.05, 0.1) is 0 Å². The van der Waals surface area contributed by atoms with Gasteiger partial charge in [-0.15, -0.1) is 0 Å². The summed E-state index contributed by atoms with van der Waals surface area (Å²) in [4.78, 5) is 35.3. The summed E-state index contributed by atoms with van der Waals surface area (Å²) < 4.78 is 4.60. The molecule has 6 nitrogen and oxygen atoms in total. The molecule has 1 amide bonds. The molecular weight excluding hydrogens is 190 g/mol. The van der Waals surface area contributed by atoms with Crippen molar-refractivity contribution >= 4 is 18.3 Å². The second kappa shape index (κ2) is 6.64. The lowest BCUT2D eigenvalue weighted by atomic mass is 10.4. The summed E-state index contributed by atoms with van der Waals surface area (Å²) in [7, 11) is 0. The zero-order valence-corrected chi connectivity index (χ0v) is 7.74. The number of ether oxygens (including phenoxy) is 1. The van der Waals surface area contributed by atoms with Crippen LogP contribution in [0, 0.1) is 0 Å². The molecule has 0 aromatic heterocycles. The molecule has 6 heteroatoms. The van der Waals surface area contributed by atoms with Crippen LogP contribution >= 0.6 is 0 Å². The molecule has 0 aliphatic heterocycles. The Hall–Kier alpha value is -1.85. The van der Waals surface area contributed by atoms with E-state index in [1.807, 2.05) is 0 Å². The Labute approximate surface area is 80.8 Å². The topological polar surface area (TPSA) is 81.7 Å². The maximum atomic E-state index is 10.8. The molecule has 0 radical (unpaired) electrons. The molecule has 0 spiro atoms. The average Bonchev–Trinajstić information content (AvgIpc) is 2.11. The highest BCUT2D eigenvalue weighted by molar-refractivity contribution is 5.91. The molecule has 0 heterocycles. The van der Waals surface area contributed by atoms with Crippen molar-refractivity contribution in [3.05, 3.63) is 12.2 Å². The Bertz CT molecular complexity index is 248. The maximum Gasteiger partial charge on any atom is 0.343 e. The molecule has 0 aromatic rings. The number of nitrogens with one attached hydrogen (secondary N) is 1. The number of hydroxylamine groups is 1. The highest BCUT2D eigenvalue weighted by Crippen LogP contribution is 1.93. The zero-order chi connectivity index (χ0) is 11.0. The normalized spacial score (nSPS) is 8.64. The molecule has 0 aromatic carbocycles. The summed E-state index contributed by atoms with van der Waals surface area (Å²) in [5.41, 5.74) is 2.33. The summed E-state index contributed by atoms with van der Waals surface area (Å²) in [5.74, 6) is -1.62. The van der Waals surface area contributed by atoms with Crippen LogP contribution in [0.5, 0.6) is 0 Å². The van der Waals surface area contributed by atoms with Gasteiger partial charge >= 0.3 is 11.9 Å². The van der Waals surface area contributed by atoms with E-state index in [4.69, 9.17) is 0 Å². The molecule has 1 N–H and O–H groups in total. The van der Waals surface area contributed by atoms with Crippen molar-refractivity contribution in [2.24, 2.45) is 0 Å². The van der Waals surface area contributed by atoms with Crippen LogP contribution in [0.3, 0.4) is 0 Å². The predicted molar refractivity (Wildman–Crippen MR) is 45.7 cm³/mol. The van der Waals surface area contributed by atoms with Crippen LogP contribution < -0.4 is 5.48 Å². The molecule has 0 saturated carbocycles.